The Hall–Kier alpha value is -1.66. The zero-order valence-corrected chi connectivity index (χ0v) is 12.2. The number of aliphatic hydroxyl groups excluding tert-OH is 1. The maximum Gasteiger partial charge on any atom is 0.147 e. The van der Waals surface area contributed by atoms with Crippen molar-refractivity contribution in [1.29, 1.82) is 0 Å². The molecule has 0 bridgehead atoms. The van der Waals surface area contributed by atoms with Crippen LogP contribution >= 0.6 is 11.5 Å². The third-order valence-corrected chi connectivity index (χ3v) is 3.88. The zero-order valence-electron chi connectivity index (χ0n) is 11.4. The highest BCUT2D eigenvalue weighted by Crippen LogP contribution is 2.36. The number of unbranched alkanes of at least 4 members (excludes halogenated alkanes) is 3. The van der Waals surface area contributed by atoms with Crippen LogP contribution in [-0.4, -0.2) is 27.6 Å². The zero-order chi connectivity index (χ0) is 14.2. The number of nitrogen functional groups attached to an aromatic ring is 1. The fourth-order valence-corrected chi connectivity index (χ4v) is 2.77. The summed E-state index contributed by atoms with van der Waals surface area (Å²) in [5.41, 5.74) is 7.96. The lowest BCUT2D eigenvalue weighted by Crippen LogP contribution is -2.01. The van der Waals surface area contributed by atoms with Crippen LogP contribution in [0.25, 0.3) is 11.1 Å². The Morgan fingerprint density at radius 3 is 2.65 bits per heavy atom. The molecule has 0 unspecified atom stereocenters. The molecule has 0 aliphatic carbocycles. The summed E-state index contributed by atoms with van der Waals surface area (Å²) in [6.45, 7) is 1.18. The van der Waals surface area contributed by atoms with E-state index in [-0.39, 0.29) is 6.61 Å². The molecule has 0 amide bonds. The van der Waals surface area contributed by atoms with Gasteiger partial charge in [-0.25, -0.2) is 0 Å². The molecular weight excluding hydrogens is 272 g/mol. The summed E-state index contributed by atoms with van der Waals surface area (Å²) in [6.07, 6.45) is 7.66. The average molecular weight is 292 g/mol. The van der Waals surface area contributed by atoms with Gasteiger partial charge in [0, 0.05) is 25.5 Å². The van der Waals surface area contributed by atoms with Crippen molar-refractivity contribution < 1.29 is 5.11 Å². The van der Waals surface area contributed by atoms with Gasteiger partial charge in [-0.1, -0.05) is 12.8 Å². The van der Waals surface area contributed by atoms with Gasteiger partial charge in [0.2, 0.25) is 0 Å². The van der Waals surface area contributed by atoms with Gasteiger partial charge >= 0.3 is 0 Å². The number of rotatable bonds is 8. The van der Waals surface area contributed by atoms with Crippen molar-refractivity contribution in [2.24, 2.45) is 0 Å². The predicted molar refractivity (Wildman–Crippen MR) is 83.8 cm³/mol. The molecule has 0 aliphatic rings. The quantitative estimate of drug-likeness (QED) is 0.652. The van der Waals surface area contributed by atoms with Crippen LogP contribution in [0.3, 0.4) is 0 Å². The van der Waals surface area contributed by atoms with Crippen LogP contribution in [0.15, 0.2) is 24.5 Å². The first-order valence-electron chi connectivity index (χ1n) is 6.83. The number of pyridine rings is 1. The minimum atomic E-state index is 0.283. The van der Waals surface area contributed by atoms with Crippen LogP contribution < -0.4 is 11.1 Å². The summed E-state index contributed by atoms with van der Waals surface area (Å²) < 4.78 is 4.22. The predicted octanol–water partition coefficient (Wildman–Crippen LogP) is 2.75. The number of nitrogens with zero attached hydrogens (tertiary/aromatic N) is 2. The summed E-state index contributed by atoms with van der Waals surface area (Å²) in [6, 6.07) is 3.87. The second-order valence-corrected chi connectivity index (χ2v) is 5.35. The van der Waals surface area contributed by atoms with Crippen LogP contribution in [0.5, 0.6) is 0 Å². The van der Waals surface area contributed by atoms with Gasteiger partial charge in [-0.2, -0.15) is 4.37 Å². The Labute approximate surface area is 123 Å². The van der Waals surface area contributed by atoms with Gasteiger partial charge in [-0.05, 0) is 42.1 Å². The fraction of sp³-hybridized carbons (Fsp3) is 0.429. The summed E-state index contributed by atoms with van der Waals surface area (Å²) in [5, 5.41) is 13.1. The van der Waals surface area contributed by atoms with Crippen molar-refractivity contribution in [2.75, 3.05) is 24.2 Å². The highest BCUT2D eigenvalue weighted by atomic mass is 32.1. The second-order valence-electron chi connectivity index (χ2n) is 4.57. The molecule has 2 aromatic heterocycles. The number of nitrogens with one attached hydrogen (secondary N) is 1. The number of nitrogens with two attached hydrogens (primary N) is 1. The molecule has 0 saturated heterocycles. The van der Waals surface area contributed by atoms with Gasteiger partial charge in [-0.15, -0.1) is 0 Å². The van der Waals surface area contributed by atoms with Crippen molar-refractivity contribution in [3.8, 4) is 11.1 Å². The highest BCUT2D eigenvalue weighted by molar-refractivity contribution is 7.11. The molecule has 0 radical (unpaired) electrons. The van der Waals surface area contributed by atoms with E-state index in [0.29, 0.717) is 5.82 Å². The first-order valence-corrected chi connectivity index (χ1v) is 7.60. The smallest absolute Gasteiger partial charge is 0.147 e. The van der Waals surface area contributed by atoms with Gasteiger partial charge < -0.3 is 16.2 Å². The van der Waals surface area contributed by atoms with E-state index in [4.69, 9.17) is 10.8 Å². The lowest BCUT2D eigenvalue weighted by atomic mass is 10.1. The largest absolute Gasteiger partial charge is 0.396 e. The molecule has 6 heteroatoms. The summed E-state index contributed by atoms with van der Waals surface area (Å²) in [4.78, 5) is 4.02. The van der Waals surface area contributed by atoms with Gasteiger partial charge in [0.05, 0.1) is 5.56 Å². The van der Waals surface area contributed by atoms with Gasteiger partial charge in [0.15, 0.2) is 0 Å². The summed E-state index contributed by atoms with van der Waals surface area (Å²) >= 11 is 1.39. The molecular formula is C14H20N4OS. The molecule has 0 atom stereocenters. The number of aromatic nitrogens is 2. The Kier molecular flexibility index (Phi) is 5.76. The second kappa shape index (κ2) is 7.81. The Balaban J connectivity index is 1.93. The Morgan fingerprint density at radius 1 is 1.15 bits per heavy atom. The summed E-state index contributed by atoms with van der Waals surface area (Å²) in [5.74, 6) is 0.559. The van der Waals surface area contributed by atoms with Crippen molar-refractivity contribution in [3.63, 3.8) is 0 Å². The molecule has 0 aromatic carbocycles. The molecule has 0 saturated carbocycles. The van der Waals surface area contributed by atoms with Gasteiger partial charge in [-0.3, -0.25) is 4.98 Å². The van der Waals surface area contributed by atoms with E-state index in [1.54, 1.807) is 12.4 Å². The molecule has 2 rings (SSSR count). The topological polar surface area (TPSA) is 84.1 Å². The number of hydrogen-bond acceptors (Lipinski definition) is 6. The Bertz CT molecular complexity index is 515. The third-order valence-electron chi connectivity index (χ3n) is 3.06. The molecule has 5 nitrogen and oxygen atoms in total. The van der Waals surface area contributed by atoms with E-state index in [1.165, 1.54) is 11.5 Å². The molecule has 2 heterocycles. The SMILES string of the molecule is Nc1nsc(NCCCCCCO)c1-c1ccncc1. The lowest BCUT2D eigenvalue weighted by molar-refractivity contribution is 0.283. The molecule has 0 spiro atoms. The maximum absolute atomic E-state index is 8.72. The van der Waals surface area contributed by atoms with Crippen LogP contribution in [0.2, 0.25) is 0 Å². The van der Waals surface area contributed by atoms with Crippen molar-refractivity contribution in [1.82, 2.24) is 9.36 Å². The fourth-order valence-electron chi connectivity index (χ4n) is 2.01. The van der Waals surface area contributed by atoms with E-state index in [0.717, 1.165) is 48.4 Å². The van der Waals surface area contributed by atoms with E-state index >= 15 is 0 Å². The Morgan fingerprint density at radius 2 is 1.90 bits per heavy atom. The van der Waals surface area contributed by atoms with E-state index in [1.807, 2.05) is 12.1 Å². The van der Waals surface area contributed by atoms with E-state index < -0.39 is 0 Å². The van der Waals surface area contributed by atoms with Crippen LogP contribution in [0.1, 0.15) is 25.7 Å². The van der Waals surface area contributed by atoms with E-state index in [9.17, 15) is 0 Å². The first kappa shape index (κ1) is 14.7. The number of anilines is 2. The monoisotopic (exact) mass is 292 g/mol. The molecule has 108 valence electrons. The number of hydrogen-bond donors (Lipinski definition) is 3. The average Bonchev–Trinajstić information content (AvgIpc) is 2.84. The van der Waals surface area contributed by atoms with Gasteiger partial charge in [0.25, 0.3) is 0 Å². The van der Waals surface area contributed by atoms with Crippen molar-refractivity contribution in [2.45, 2.75) is 25.7 Å². The van der Waals surface area contributed by atoms with Crippen LogP contribution in [-0.2, 0) is 0 Å². The maximum atomic E-state index is 8.72. The normalized spacial score (nSPS) is 10.7. The lowest BCUT2D eigenvalue weighted by Gasteiger charge is -2.07. The molecule has 20 heavy (non-hydrogen) atoms. The number of aliphatic hydroxyl groups is 1. The van der Waals surface area contributed by atoms with Crippen molar-refractivity contribution in [3.05, 3.63) is 24.5 Å². The minimum Gasteiger partial charge on any atom is -0.396 e. The standard InChI is InChI=1S/C14H20N4OS/c15-13-12(11-5-8-16-9-6-11)14(20-18-13)17-7-3-1-2-4-10-19/h5-6,8-9,17,19H,1-4,7,10H2,(H2,15,18). The summed E-state index contributed by atoms with van der Waals surface area (Å²) in [7, 11) is 0. The van der Waals surface area contributed by atoms with Crippen LogP contribution in [0, 0.1) is 0 Å². The minimum absolute atomic E-state index is 0.283. The molecule has 4 N–H and O–H groups in total. The third kappa shape index (κ3) is 3.91. The van der Waals surface area contributed by atoms with Crippen LogP contribution in [0.4, 0.5) is 10.8 Å². The van der Waals surface area contributed by atoms with Crippen molar-refractivity contribution >= 4 is 22.4 Å². The molecule has 0 fully saturated rings. The molecule has 0 aliphatic heterocycles. The van der Waals surface area contributed by atoms with E-state index in [2.05, 4.69) is 14.7 Å². The first-order chi connectivity index (χ1) is 9.83. The highest BCUT2D eigenvalue weighted by Gasteiger charge is 2.12. The van der Waals surface area contributed by atoms with Gasteiger partial charge in [0.1, 0.15) is 10.8 Å². The molecule has 2 aromatic rings.